The molecule has 3 aromatic rings. The van der Waals surface area contributed by atoms with Gasteiger partial charge in [0.2, 0.25) is 0 Å². The van der Waals surface area contributed by atoms with Crippen LogP contribution >= 0.6 is 23.8 Å². The number of aromatic nitrogens is 2. The van der Waals surface area contributed by atoms with Gasteiger partial charge in [0.25, 0.3) is 0 Å². The van der Waals surface area contributed by atoms with Gasteiger partial charge in [-0.2, -0.15) is 0 Å². The Balaban J connectivity index is 1.61. The SMILES string of the molecule is Cc1c(Cl)cccc1-n1c(C)cc(C2C(c3ccccn3)NC(=S)N2CC2CCCO2)c1C. The monoisotopic (exact) mass is 480 g/mol. The molecule has 1 aromatic carbocycles. The molecule has 1 N–H and O–H groups in total. The van der Waals surface area contributed by atoms with E-state index in [1.165, 1.54) is 17.0 Å². The summed E-state index contributed by atoms with van der Waals surface area (Å²) in [6, 6.07) is 14.4. The van der Waals surface area contributed by atoms with Crippen LogP contribution in [-0.4, -0.2) is 38.8 Å². The Morgan fingerprint density at radius 3 is 2.76 bits per heavy atom. The molecule has 4 heterocycles. The van der Waals surface area contributed by atoms with Crippen LogP contribution in [0.15, 0.2) is 48.7 Å². The highest BCUT2D eigenvalue weighted by atomic mass is 35.5. The van der Waals surface area contributed by atoms with E-state index in [1.807, 2.05) is 30.5 Å². The lowest BCUT2D eigenvalue weighted by molar-refractivity contribution is 0.0842. The van der Waals surface area contributed by atoms with Crippen LogP contribution in [0.25, 0.3) is 5.69 Å². The Morgan fingerprint density at radius 1 is 1.18 bits per heavy atom. The second-order valence-electron chi connectivity index (χ2n) is 8.96. The fraction of sp³-hybridized carbons (Fsp3) is 0.385. The normalized spacial score (nSPS) is 22.7. The Labute approximate surface area is 205 Å². The Kier molecular flexibility index (Phi) is 6.16. The average Bonchev–Trinajstić information content (AvgIpc) is 3.51. The van der Waals surface area contributed by atoms with Gasteiger partial charge in [-0.1, -0.05) is 23.7 Å². The Hall–Kier alpha value is -2.41. The maximum absolute atomic E-state index is 6.47. The maximum atomic E-state index is 6.47. The number of ether oxygens (including phenoxy) is 1. The van der Waals surface area contributed by atoms with Crippen molar-refractivity contribution in [3.05, 3.63) is 81.9 Å². The molecule has 33 heavy (non-hydrogen) atoms. The summed E-state index contributed by atoms with van der Waals surface area (Å²) in [7, 11) is 0. The highest BCUT2D eigenvalue weighted by molar-refractivity contribution is 7.80. The number of rotatable bonds is 5. The zero-order chi connectivity index (χ0) is 23.1. The molecule has 7 heteroatoms. The van der Waals surface area contributed by atoms with Gasteiger partial charge in [-0.3, -0.25) is 4.98 Å². The zero-order valence-corrected chi connectivity index (χ0v) is 20.8. The molecule has 3 unspecified atom stereocenters. The van der Waals surface area contributed by atoms with Crippen molar-refractivity contribution in [2.24, 2.45) is 0 Å². The molecule has 5 nitrogen and oxygen atoms in total. The third-order valence-corrected chi connectivity index (χ3v) is 7.65. The van der Waals surface area contributed by atoms with Crippen molar-refractivity contribution < 1.29 is 4.74 Å². The van der Waals surface area contributed by atoms with Crippen LogP contribution in [0, 0.1) is 20.8 Å². The van der Waals surface area contributed by atoms with E-state index >= 15 is 0 Å². The van der Waals surface area contributed by atoms with Crippen LogP contribution in [-0.2, 0) is 4.74 Å². The van der Waals surface area contributed by atoms with E-state index in [9.17, 15) is 0 Å². The summed E-state index contributed by atoms with van der Waals surface area (Å²) in [5, 5.41) is 5.10. The summed E-state index contributed by atoms with van der Waals surface area (Å²) in [6.45, 7) is 8.01. The number of nitrogens with zero attached hydrogens (tertiary/aromatic N) is 3. The largest absolute Gasteiger partial charge is 0.376 e. The number of thiocarbonyl (C=S) groups is 1. The molecule has 2 fully saturated rings. The lowest BCUT2D eigenvalue weighted by atomic mass is 9.96. The van der Waals surface area contributed by atoms with E-state index < -0.39 is 0 Å². The molecule has 3 atom stereocenters. The molecule has 172 valence electrons. The van der Waals surface area contributed by atoms with E-state index in [-0.39, 0.29) is 18.2 Å². The minimum Gasteiger partial charge on any atom is -0.376 e. The molecule has 2 aliphatic heterocycles. The molecule has 0 aliphatic carbocycles. The fourth-order valence-electron chi connectivity index (χ4n) is 5.24. The molecular weight excluding hydrogens is 452 g/mol. The highest BCUT2D eigenvalue weighted by Crippen LogP contribution is 2.42. The smallest absolute Gasteiger partial charge is 0.170 e. The van der Waals surface area contributed by atoms with Crippen LogP contribution in [0.2, 0.25) is 5.02 Å². The quantitative estimate of drug-likeness (QED) is 0.481. The van der Waals surface area contributed by atoms with Gasteiger partial charge in [-0.25, -0.2) is 0 Å². The van der Waals surface area contributed by atoms with Gasteiger partial charge in [0.1, 0.15) is 0 Å². The summed E-state index contributed by atoms with van der Waals surface area (Å²) >= 11 is 12.3. The van der Waals surface area contributed by atoms with Crippen molar-refractivity contribution in [2.45, 2.75) is 51.8 Å². The lowest BCUT2D eigenvalue weighted by Gasteiger charge is -2.30. The molecule has 2 aliphatic rings. The first kappa shape index (κ1) is 22.4. The predicted octanol–water partition coefficient (Wildman–Crippen LogP) is 5.60. The van der Waals surface area contributed by atoms with Crippen molar-refractivity contribution in [3.63, 3.8) is 0 Å². The van der Waals surface area contributed by atoms with Crippen molar-refractivity contribution in [2.75, 3.05) is 13.2 Å². The van der Waals surface area contributed by atoms with Gasteiger partial charge < -0.3 is 19.5 Å². The number of pyridine rings is 1. The summed E-state index contributed by atoms with van der Waals surface area (Å²) < 4.78 is 8.28. The maximum Gasteiger partial charge on any atom is 0.170 e. The second-order valence-corrected chi connectivity index (χ2v) is 9.75. The Bertz CT molecular complexity index is 1170. The standard InChI is InChI=1S/C26H29ClN4OS/c1-16-14-20(18(3)31(16)23-11-6-9-21(27)17(23)2)25-24(22-10-4-5-12-28-22)29-26(33)30(25)15-19-8-7-13-32-19/h4-6,9-12,14,19,24-25H,7-8,13,15H2,1-3H3,(H,29,33). The van der Waals surface area contributed by atoms with Gasteiger partial charge >= 0.3 is 0 Å². The molecule has 0 bridgehead atoms. The van der Waals surface area contributed by atoms with E-state index in [0.717, 1.165) is 53.1 Å². The van der Waals surface area contributed by atoms with Gasteiger partial charge in [-0.05, 0) is 87.3 Å². The van der Waals surface area contributed by atoms with Gasteiger partial charge in [0, 0.05) is 41.4 Å². The minimum absolute atomic E-state index is 0.0241. The first-order chi connectivity index (χ1) is 16.0. The fourth-order valence-corrected chi connectivity index (χ4v) is 5.73. The number of nitrogens with one attached hydrogen (secondary N) is 1. The molecule has 0 spiro atoms. The highest BCUT2D eigenvalue weighted by Gasteiger charge is 2.42. The van der Waals surface area contributed by atoms with Crippen molar-refractivity contribution in [1.82, 2.24) is 19.8 Å². The summed E-state index contributed by atoms with van der Waals surface area (Å²) in [4.78, 5) is 6.98. The first-order valence-electron chi connectivity index (χ1n) is 11.5. The van der Waals surface area contributed by atoms with E-state index in [4.69, 9.17) is 28.6 Å². The molecular formula is C26H29ClN4OS. The van der Waals surface area contributed by atoms with Crippen LogP contribution in [0.1, 0.15) is 53.1 Å². The van der Waals surface area contributed by atoms with Crippen molar-refractivity contribution >= 4 is 28.9 Å². The van der Waals surface area contributed by atoms with Crippen LogP contribution in [0.4, 0.5) is 0 Å². The number of aryl methyl sites for hydroxylation is 1. The van der Waals surface area contributed by atoms with E-state index in [1.54, 1.807) is 0 Å². The summed E-state index contributed by atoms with van der Waals surface area (Å²) in [5.41, 5.74) is 6.77. The molecule has 0 radical (unpaired) electrons. The number of halogens is 1. The van der Waals surface area contributed by atoms with Gasteiger partial charge in [0.05, 0.1) is 23.9 Å². The van der Waals surface area contributed by atoms with E-state index in [2.05, 4.69) is 58.7 Å². The molecule has 2 aromatic heterocycles. The predicted molar refractivity (Wildman–Crippen MR) is 136 cm³/mol. The van der Waals surface area contributed by atoms with Crippen LogP contribution < -0.4 is 5.32 Å². The van der Waals surface area contributed by atoms with Crippen LogP contribution in [0.3, 0.4) is 0 Å². The zero-order valence-electron chi connectivity index (χ0n) is 19.2. The van der Waals surface area contributed by atoms with Crippen LogP contribution in [0.5, 0.6) is 0 Å². The molecule has 0 amide bonds. The Morgan fingerprint density at radius 2 is 2.03 bits per heavy atom. The number of hydrogen-bond acceptors (Lipinski definition) is 3. The third kappa shape index (κ3) is 4.05. The first-order valence-corrected chi connectivity index (χ1v) is 12.3. The third-order valence-electron chi connectivity index (χ3n) is 6.89. The average molecular weight is 481 g/mol. The van der Waals surface area contributed by atoms with Crippen molar-refractivity contribution in [1.29, 1.82) is 0 Å². The van der Waals surface area contributed by atoms with Gasteiger partial charge in [-0.15, -0.1) is 0 Å². The number of hydrogen-bond donors (Lipinski definition) is 1. The lowest BCUT2D eigenvalue weighted by Crippen LogP contribution is -2.36. The van der Waals surface area contributed by atoms with E-state index in [0.29, 0.717) is 0 Å². The topological polar surface area (TPSA) is 42.3 Å². The second kappa shape index (κ2) is 9.09. The summed E-state index contributed by atoms with van der Waals surface area (Å²) in [6.07, 6.45) is 4.22. The van der Waals surface area contributed by atoms with Crippen molar-refractivity contribution in [3.8, 4) is 5.69 Å². The summed E-state index contributed by atoms with van der Waals surface area (Å²) in [5.74, 6) is 0. The number of benzene rings is 1. The molecule has 5 rings (SSSR count). The minimum atomic E-state index is -0.0329. The molecule has 2 saturated heterocycles. The van der Waals surface area contributed by atoms with Gasteiger partial charge in [0.15, 0.2) is 5.11 Å². The molecule has 0 saturated carbocycles.